The maximum atomic E-state index is 12.2. The van der Waals surface area contributed by atoms with Gasteiger partial charge in [0.2, 0.25) is 5.91 Å². The van der Waals surface area contributed by atoms with Crippen LogP contribution in [-0.2, 0) is 4.79 Å². The quantitative estimate of drug-likeness (QED) is 0.905. The SMILES string of the molecule is CC(NC(=O)c1ccco1)C(=O)N1CCCCCC1. The summed E-state index contributed by atoms with van der Waals surface area (Å²) in [6.45, 7) is 3.30. The first-order chi connectivity index (χ1) is 9.18. The number of rotatable bonds is 3. The van der Waals surface area contributed by atoms with Crippen molar-refractivity contribution in [2.75, 3.05) is 13.1 Å². The average molecular weight is 264 g/mol. The second kappa shape index (κ2) is 6.41. The lowest BCUT2D eigenvalue weighted by atomic mass is 10.2. The summed E-state index contributed by atoms with van der Waals surface area (Å²) in [5, 5.41) is 2.68. The van der Waals surface area contributed by atoms with Gasteiger partial charge in [0.25, 0.3) is 5.91 Å². The van der Waals surface area contributed by atoms with E-state index in [1.165, 1.54) is 19.1 Å². The van der Waals surface area contributed by atoms with Crippen LogP contribution in [0.15, 0.2) is 22.8 Å². The van der Waals surface area contributed by atoms with Gasteiger partial charge in [0.05, 0.1) is 6.26 Å². The van der Waals surface area contributed by atoms with Crippen LogP contribution in [0.4, 0.5) is 0 Å². The average Bonchev–Trinajstić information content (AvgIpc) is 2.81. The predicted molar refractivity (Wildman–Crippen MR) is 70.7 cm³/mol. The Kier molecular flexibility index (Phi) is 4.60. The van der Waals surface area contributed by atoms with Gasteiger partial charge < -0.3 is 14.6 Å². The van der Waals surface area contributed by atoms with E-state index in [0.717, 1.165) is 25.9 Å². The fourth-order valence-corrected chi connectivity index (χ4v) is 2.30. The van der Waals surface area contributed by atoms with Crippen LogP contribution >= 0.6 is 0 Å². The number of carbonyl (C=O) groups is 2. The van der Waals surface area contributed by atoms with Gasteiger partial charge in [-0.3, -0.25) is 9.59 Å². The minimum Gasteiger partial charge on any atom is -0.459 e. The summed E-state index contributed by atoms with van der Waals surface area (Å²) in [7, 11) is 0. The number of likely N-dealkylation sites (tertiary alicyclic amines) is 1. The van der Waals surface area contributed by atoms with Crippen molar-refractivity contribution in [1.82, 2.24) is 10.2 Å². The first-order valence-corrected chi connectivity index (χ1v) is 6.81. The molecule has 0 aromatic carbocycles. The number of furan rings is 1. The molecule has 1 saturated heterocycles. The van der Waals surface area contributed by atoms with Crippen molar-refractivity contribution in [3.05, 3.63) is 24.2 Å². The highest BCUT2D eigenvalue weighted by molar-refractivity contribution is 5.95. The molecule has 1 aromatic rings. The highest BCUT2D eigenvalue weighted by atomic mass is 16.3. The van der Waals surface area contributed by atoms with E-state index in [1.54, 1.807) is 19.1 Å². The fraction of sp³-hybridized carbons (Fsp3) is 0.571. The van der Waals surface area contributed by atoms with Crippen molar-refractivity contribution in [3.63, 3.8) is 0 Å². The number of carbonyl (C=O) groups excluding carboxylic acids is 2. The molecule has 1 aromatic heterocycles. The van der Waals surface area contributed by atoms with Crippen LogP contribution in [0.2, 0.25) is 0 Å². The Balaban J connectivity index is 1.89. The van der Waals surface area contributed by atoms with E-state index in [1.807, 2.05) is 4.90 Å². The summed E-state index contributed by atoms with van der Waals surface area (Å²) in [6, 6.07) is 2.71. The minimum atomic E-state index is -0.518. The second-order valence-electron chi connectivity index (χ2n) is 4.91. The highest BCUT2D eigenvalue weighted by Gasteiger charge is 2.23. The normalized spacial score (nSPS) is 17.6. The van der Waals surface area contributed by atoms with Gasteiger partial charge in [0, 0.05) is 13.1 Å². The third-order valence-electron chi connectivity index (χ3n) is 3.38. The fourth-order valence-electron chi connectivity index (χ4n) is 2.30. The van der Waals surface area contributed by atoms with Crippen molar-refractivity contribution in [2.45, 2.75) is 38.6 Å². The first kappa shape index (κ1) is 13.6. The van der Waals surface area contributed by atoms with Gasteiger partial charge >= 0.3 is 0 Å². The van der Waals surface area contributed by atoms with Crippen LogP contribution in [0.3, 0.4) is 0 Å². The summed E-state index contributed by atoms with van der Waals surface area (Å²) in [5.74, 6) is -0.127. The Morgan fingerprint density at radius 3 is 2.53 bits per heavy atom. The molecule has 0 radical (unpaired) electrons. The molecule has 1 atom stereocenters. The molecule has 0 bridgehead atoms. The van der Waals surface area contributed by atoms with E-state index in [-0.39, 0.29) is 17.6 Å². The number of hydrogen-bond acceptors (Lipinski definition) is 3. The number of amides is 2. The Labute approximate surface area is 113 Å². The molecule has 0 spiro atoms. The third-order valence-corrected chi connectivity index (χ3v) is 3.38. The van der Waals surface area contributed by atoms with Crippen LogP contribution in [0.25, 0.3) is 0 Å². The van der Waals surface area contributed by atoms with Crippen molar-refractivity contribution in [2.24, 2.45) is 0 Å². The summed E-state index contributed by atoms with van der Waals surface area (Å²) >= 11 is 0. The van der Waals surface area contributed by atoms with Gasteiger partial charge in [0.15, 0.2) is 5.76 Å². The minimum absolute atomic E-state index is 0.0122. The largest absolute Gasteiger partial charge is 0.459 e. The molecule has 0 aliphatic carbocycles. The van der Waals surface area contributed by atoms with Gasteiger partial charge in [-0.1, -0.05) is 12.8 Å². The Hall–Kier alpha value is -1.78. The molecule has 1 unspecified atom stereocenters. The molecule has 5 nitrogen and oxygen atoms in total. The van der Waals surface area contributed by atoms with Gasteiger partial charge in [0.1, 0.15) is 6.04 Å². The van der Waals surface area contributed by atoms with Crippen molar-refractivity contribution < 1.29 is 14.0 Å². The van der Waals surface area contributed by atoms with E-state index < -0.39 is 6.04 Å². The van der Waals surface area contributed by atoms with Gasteiger partial charge in [-0.15, -0.1) is 0 Å². The molecular formula is C14H20N2O3. The molecule has 1 fully saturated rings. The third kappa shape index (κ3) is 3.59. The summed E-state index contributed by atoms with van der Waals surface area (Å²) in [5.41, 5.74) is 0. The lowest BCUT2D eigenvalue weighted by molar-refractivity contribution is -0.132. The molecule has 104 valence electrons. The Morgan fingerprint density at radius 2 is 1.95 bits per heavy atom. The Bertz CT molecular complexity index is 420. The van der Waals surface area contributed by atoms with Gasteiger partial charge in [-0.05, 0) is 31.9 Å². The molecular weight excluding hydrogens is 244 g/mol. The summed E-state index contributed by atoms with van der Waals surface area (Å²) < 4.78 is 5.00. The maximum absolute atomic E-state index is 12.2. The van der Waals surface area contributed by atoms with Crippen LogP contribution in [-0.4, -0.2) is 35.8 Å². The number of nitrogens with one attached hydrogen (secondary N) is 1. The molecule has 2 rings (SSSR count). The maximum Gasteiger partial charge on any atom is 0.287 e. The van der Waals surface area contributed by atoms with Crippen LogP contribution < -0.4 is 5.32 Å². The van der Waals surface area contributed by atoms with Gasteiger partial charge in [-0.2, -0.15) is 0 Å². The van der Waals surface area contributed by atoms with E-state index in [9.17, 15) is 9.59 Å². The zero-order chi connectivity index (χ0) is 13.7. The van der Waals surface area contributed by atoms with E-state index in [4.69, 9.17) is 4.42 Å². The molecule has 1 N–H and O–H groups in total. The lowest BCUT2D eigenvalue weighted by Gasteiger charge is -2.24. The lowest BCUT2D eigenvalue weighted by Crippen LogP contribution is -2.47. The van der Waals surface area contributed by atoms with E-state index in [0.29, 0.717) is 0 Å². The molecule has 2 amide bonds. The molecule has 5 heteroatoms. The predicted octanol–water partition coefficient (Wildman–Crippen LogP) is 1.80. The van der Waals surface area contributed by atoms with Crippen molar-refractivity contribution in [3.8, 4) is 0 Å². The summed E-state index contributed by atoms with van der Waals surface area (Å²) in [4.78, 5) is 25.9. The second-order valence-corrected chi connectivity index (χ2v) is 4.91. The molecule has 19 heavy (non-hydrogen) atoms. The standard InChI is InChI=1S/C14H20N2O3/c1-11(15-13(17)12-7-6-10-19-12)14(18)16-8-4-2-3-5-9-16/h6-7,10-11H,2-5,8-9H2,1H3,(H,15,17). The highest BCUT2D eigenvalue weighted by Crippen LogP contribution is 2.11. The van der Waals surface area contributed by atoms with Crippen LogP contribution in [0.1, 0.15) is 43.2 Å². The van der Waals surface area contributed by atoms with Crippen LogP contribution in [0.5, 0.6) is 0 Å². The Morgan fingerprint density at radius 1 is 1.26 bits per heavy atom. The molecule has 1 aliphatic heterocycles. The molecule has 0 saturated carbocycles. The van der Waals surface area contributed by atoms with Crippen LogP contribution in [0, 0.1) is 0 Å². The molecule has 1 aliphatic rings. The summed E-state index contributed by atoms with van der Waals surface area (Å²) in [6.07, 6.45) is 5.89. The zero-order valence-electron chi connectivity index (χ0n) is 11.2. The first-order valence-electron chi connectivity index (χ1n) is 6.81. The van der Waals surface area contributed by atoms with E-state index >= 15 is 0 Å². The zero-order valence-corrected chi connectivity index (χ0v) is 11.2. The van der Waals surface area contributed by atoms with Crippen molar-refractivity contribution in [1.29, 1.82) is 0 Å². The number of hydrogen-bond donors (Lipinski definition) is 1. The monoisotopic (exact) mass is 264 g/mol. The van der Waals surface area contributed by atoms with E-state index in [2.05, 4.69) is 5.32 Å². The van der Waals surface area contributed by atoms with Gasteiger partial charge in [-0.25, -0.2) is 0 Å². The smallest absolute Gasteiger partial charge is 0.287 e. The number of nitrogens with zero attached hydrogens (tertiary/aromatic N) is 1. The molecule has 2 heterocycles. The van der Waals surface area contributed by atoms with Crippen molar-refractivity contribution >= 4 is 11.8 Å². The topological polar surface area (TPSA) is 62.6 Å².